The van der Waals surface area contributed by atoms with E-state index in [1.807, 2.05) is 25.1 Å². The minimum atomic E-state index is 0.286. The van der Waals surface area contributed by atoms with Gasteiger partial charge in [0, 0.05) is 27.7 Å². The van der Waals surface area contributed by atoms with Crippen molar-refractivity contribution in [3.8, 4) is 0 Å². The molecule has 5 heteroatoms. The molecule has 2 heterocycles. The highest BCUT2D eigenvalue weighted by Crippen LogP contribution is 2.24. The van der Waals surface area contributed by atoms with E-state index < -0.39 is 0 Å². The monoisotopic (exact) mass is 264 g/mol. The zero-order valence-corrected chi connectivity index (χ0v) is 12.1. The molecule has 0 saturated carbocycles. The smallest absolute Gasteiger partial charge is 0.193 e. The van der Waals surface area contributed by atoms with Gasteiger partial charge in [-0.25, -0.2) is 0 Å². The lowest BCUT2D eigenvalue weighted by atomic mass is 10.2. The van der Waals surface area contributed by atoms with Gasteiger partial charge in [-0.1, -0.05) is 0 Å². The van der Waals surface area contributed by atoms with E-state index in [-0.39, 0.29) is 6.04 Å². The summed E-state index contributed by atoms with van der Waals surface area (Å²) in [4.78, 5) is 8.72. The SMILES string of the molecule is CN=C(NCC(c1ccco1)N1CCCC1)N(C)C. The minimum Gasteiger partial charge on any atom is -0.468 e. The number of aliphatic imine (C=N–C) groups is 1. The first-order valence-electron chi connectivity index (χ1n) is 6.88. The lowest BCUT2D eigenvalue weighted by molar-refractivity contribution is 0.214. The topological polar surface area (TPSA) is 44.0 Å². The number of hydrogen-bond acceptors (Lipinski definition) is 3. The van der Waals surface area contributed by atoms with E-state index in [1.165, 1.54) is 12.8 Å². The van der Waals surface area contributed by atoms with Crippen molar-refractivity contribution in [1.29, 1.82) is 0 Å². The van der Waals surface area contributed by atoms with Crippen LogP contribution in [0.3, 0.4) is 0 Å². The average Bonchev–Trinajstić information content (AvgIpc) is 3.07. The number of furan rings is 1. The average molecular weight is 264 g/mol. The van der Waals surface area contributed by atoms with Gasteiger partial charge in [-0.05, 0) is 38.1 Å². The number of nitrogens with zero attached hydrogens (tertiary/aromatic N) is 3. The minimum absolute atomic E-state index is 0.286. The quantitative estimate of drug-likeness (QED) is 0.662. The van der Waals surface area contributed by atoms with Crippen LogP contribution in [0, 0.1) is 0 Å². The number of likely N-dealkylation sites (tertiary alicyclic amines) is 1. The maximum absolute atomic E-state index is 5.60. The molecule has 0 spiro atoms. The summed E-state index contributed by atoms with van der Waals surface area (Å²) in [7, 11) is 5.79. The fourth-order valence-electron chi connectivity index (χ4n) is 2.57. The first kappa shape index (κ1) is 13.9. The molecule has 0 radical (unpaired) electrons. The van der Waals surface area contributed by atoms with Gasteiger partial charge in [0.05, 0.1) is 12.3 Å². The third-order valence-corrected chi connectivity index (χ3v) is 3.54. The summed E-state index contributed by atoms with van der Waals surface area (Å²) >= 11 is 0. The molecule has 19 heavy (non-hydrogen) atoms. The van der Waals surface area contributed by atoms with Crippen LogP contribution in [-0.4, -0.2) is 56.5 Å². The molecule has 0 bridgehead atoms. The molecule has 2 rings (SSSR count). The highest BCUT2D eigenvalue weighted by Gasteiger charge is 2.25. The molecule has 1 N–H and O–H groups in total. The van der Waals surface area contributed by atoms with Gasteiger partial charge >= 0.3 is 0 Å². The summed E-state index contributed by atoms with van der Waals surface area (Å²) in [6.07, 6.45) is 4.30. The zero-order chi connectivity index (χ0) is 13.7. The number of rotatable bonds is 4. The van der Waals surface area contributed by atoms with Gasteiger partial charge in [0.1, 0.15) is 5.76 Å². The van der Waals surface area contributed by atoms with Crippen LogP contribution in [-0.2, 0) is 0 Å². The highest BCUT2D eigenvalue weighted by atomic mass is 16.3. The second-order valence-electron chi connectivity index (χ2n) is 5.10. The maximum atomic E-state index is 5.60. The molecule has 0 aliphatic carbocycles. The molecular weight excluding hydrogens is 240 g/mol. The van der Waals surface area contributed by atoms with Crippen molar-refractivity contribution >= 4 is 5.96 Å². The second kappa shape index (κ2) is 6.61. The summed E-state index contributed by atoms with van der Waals surface area (Å²) in [5.74, 6) is 1.93. The Morgan fingerprint density at radius 2 is 2.21 bits per heavy atom. The van der Waals surface area contributed by atoms with E-state index in [2.05, 4.69) is 21.3 Å². The molecule has 0 amide bonds. The molecular formula is C14H24N4O. The van der Waals surface area contributed by atoms with Crippen molar-refractivity contribution in [3.05, 3.63) is 24.2 Å². The van der Waals surface area contributed by atoms with E-state index in [1.54, 1.807) is 13.3 Å². The Kier molecular flexibility index (Phi) is 4.85. The van der Waals surface area contributed by atoms with E-state index in [0.29, 0.717) is 0 Å². The largest absolute Gasteiger partial charge is 0.468 e. The first-order chi connectivity index (χ1) is 9.22. The zero-order valence-electron chi connectivity index (χ0n) is 12.1. The Morgan fingerprint density at radius 1 is 1.47 bits per heavy atom. The van der Waals surface area contributed by atoms with Crippen LogP contribution in [0.15, 0.2) is 27.8 Å². The summed E-state index contributed by atoms with van der Waals surface area (Å²) in [5.41, 5.74) is 0. The summed E-state index contributed by atoms with van der Waals surface area (Å²) in [6.45, 7) is 3.11. The van der Waals surface area contributed by atoms with Crippen molar-refractivity contribution < 1.29 is 4.42 Å². The van der Waals surface area contributed by atoms with Crippen molar-refractivity contribution in [1.82, 2.24) is 15.1 Å². The van der Waals surface area contributed by atoms with E-state index >= 15 is 0 Å². The maximum Gasteiger partial charge on any atom is 0.193 e. The van der Waals surface area contributed by atoms with Crippen LogP contribution in [0.2, 0.25) is 0 Å². The molecule has 1 fully saturated rings. The van der Waals surface area contributed by atoms with Gasteiger partial charge in [0.15, 0.2) is 5.96 Å². The van der Waals surface area contributed by atoms with E-state index in [4.69, 9.17) is 4.42 Å². The van der Waals surface area contributed by atoms with Crippen LogP contribution >= 0.6 is 0 Å². The third-order valence-electron chi connectivity index (χ3n) is 3.54. The molecule has 0 aromatic carbocycles. The van der Waals surface area contributed by atoms with Gasteiger partial charge in [-0.15, -0.1) is 0 Å². The van der Waals surface area contributed by atoms with E-state index in [9.17, 15) is 0 Å². The van der Waals surface area contributed by atoms with E-state index in [0.717, 1.165) is 31.4 Å². The van der Waals surface area contributed by atoms with Crippen LogP contribution < -0.4 is 5.32 Å². The van der Waals surface area contributed by atoms with Crippen LogP contribution in [0.1, 0.15) is 24.6 Å². The fraction of sp³-hybridized carbons (Fsp3) is 0.643. The van der Waals surface area contributed by atoms with Crippen LogP contribution in [0.25, 0.3) is 0 Å². The van der Waals surface area contributed by atoms with Crippen LogP contribution in [0.4, 0.5) is 0 Å². The summed E-state index contributed by atoms with van der Waals surface area (Å²) < 4.78 is 5.60. The van der Waals surface area contributed by atoms with Crippen molar-refractivity contribution in [3.63, 3.8) is 0 Å². The molecule has 1 aromatic heterocycles. The van der Waals surface area contributed by atoms with Gasteiger partial charge in [0.2, 0.25) is 0 Å². The van der Waals surface area contributed by atoms with Crippen molar-refractivity contribution in [2.45, 2.75) is 18.9 Å². The molecule has 1 aliphatic rings. The normalized spacial score (nSPS) is 18.6. The molecule has 1 aliphatic heterocycles. The Labute approximate surface area is 115 Å². The third kappa shape index (κ3) is 3.50. The van der Waals surface area contributed by atoms with Crippen molar-refractivity contribution in [2.24, 2.45) is 4.99 Å². The first-order valence-corrected chi connectivity index (χ1v) is 6.88. The van der Waals surface area contributed by atoms with Gasteiger partial charge < -0.3 is 14.6 Å². The standard InChI is InChI=1S/C14H24N4O/c1-15-14(17(2)3)16-11-12(13-7-6-10-19-13)18-8-4-5-9-18/h6-7,10,12H,4-5,8-9,11H2,1-3H3,(H,15,16). The Bertz CT molecular complexity index is 394. The molecule has 1 aromatic rings. The van der Waals surface area contributed by atoms with Crippen LogP contribution in [0.5, 0.6) is 0 Å². The molecule has 1 saturated heterocycles. The molecule has 5 nitrogen and oxygen atoms in total. The number of guanidine groups is 1. The lowest BCUT2D eigenvalue weighted by Crippen LogP contribution is -2.42. The Balaban J connectivity index is 2.02. The number of hydrogen-bond donors (Lipinski definition) is 1. The second-order valence-corrected chi connectivity index (χ2v) is 5.10. The predicted molar refractivity (Wildman–Crippen MR) is 77.3 cm³/mol. The molecule has 106 valence electrons. The lowest BCUT2D eigenvalue weighted by Gasteiger charge is -2.27. The number of nitrogens with one attached hydrogen (secondary N) is 1. The molecule has 1 unspecified atom stereocenters. The Morgan fingerprint density at radius 3 is 2.74 bits per heavy atom. The Hall–Kier alpha value is -1.49. The van der Waals surface area contributed by atoms with Crippen molar-refractivity contribution in [2.75, 3.05) is 40.8 Å². The summed E-state index contributed by atoms with van der Waals surface area (Å²) in [6, 6.07) is 4.30. The van der Waals surface area contributed by atoms with Gasteiger partial charge in [0.25, 0.3) is 0 Å². The predicted octanol–water partition coefficient (Wildman–Crippen LogP) is 1.55. The fourth-order valence-corrected chi connectivity index (χ4v) is 2.57. The van der Waals surface area contributed by atoms with Gasteiger partial charge in [-0.3, -0.25) is 9.89 Å². The van der Waals surface area contributed by atoms with Gasteiger partial charge in [-0.2, -0.15) is 0 Å². The molecule has 1 atom stereocenters. The summed E-state index contributed by atoms with van der Waals surface area (Å²) in [5, 5.41) is 3.41. The highest BCUT2D eigenvalue weighted by molar-refractivity contribution is 5.79.